The molecule has 0 aliphatic rings. The predicted octanol–water partition coefficient (Wildman–Crippen LogP) is 5.49. The molecule has 0 heterocycles. The molecule has 2 aromatic carbocycles. The van der Waals surface area contributed by atoms with Gasteiger partial charge in [-0.05, 0) is 46.8 Å². The third-order valence-corrected chi connectivity index (χ3v) is 3.69. The Morgan fingerprint density at radius 2 is 1.22 bits per heavy atom. The molecular weight excluding hydrogens is 420 g/mol. The van der Waals surface area contributed by atoms with Gasteiger partial charge >= 0.3 is 11.9 Å². The number of nitro groups is 2. The molecule has 0 aliphatic carbocycles. The fraction of sp³-hybridized carbons (Fsp3) is 0.364. The third kappa shape index (κ3) is 8.90. The van der Waals surface area contributed by atoms with E-state index in [9.17, 15) is 29.8 Å². The van der Waals surface area contributed by atoms with Crippen molar-refractivity contribution in [2.24, 2.45) is 0 Å². The molecular formula is C22H28N2O8. The van der Waals surface area contributed by atoms with Crippen LogP contribution in [0.2, 0.25) is 0 Å². The van der Waals surface area contributed by atoms with Crippen LogP contribution >= 0.6 is 0 Å². The number of hydrogen-bond donors (Lipinski definition) is 1. The summed E-state index contributed by atoms with van der Waals surface area (Å²) in [7, 11) is 0. The molecule has 0 radical (unpaired) electrons. The van der Waals surface area contributed by atoms with E-state index in [1.807, 2.05) is 13.8 Å². The fourth-order valence-corrected chi connectivity index (χ4v) is 2.21. The van der Waals surface area contributed by atoms with E-state index in [2.05, 4.69) is 0 Å². The lowest BCUT2D eigenvalue weighted by molar-refractivity contribution is -0.385. The van der Waals surface area contributed by atoms with Crippen LogP contribution in [0.1, 0.15) is 66.5 Å². The Balaban J connectivity index is 0.000000574. The lowest BCUT2D eigenvalue weighted by Gasteiger charge is -2.19. The van der Waals surface area contributed by atoms with E-state index in [0.29, 0.717) is 11.1 Å². The molecule has 10 nitrogen and oxygen atoms in total. The number of nitrogens with zero attached hydrogens (tertiary/aromatic N) is 2. The van der Waals surface area contributed by atoms with Gasteiger partial charge in [0.15, 0.2) is 0 Å². The van der Waals surface area contributed by atoms with Gasteiger partial charge in [-0.15, -0.1) is 0 Å². The van der Waals surface area contributed by atoms with E-state index in [0.717, 1.165) is 6.07 Å². The number of ether oxygens (including phenoxy) is 1. The Kier molecular flexibility index (Phi) is 10.7. The first kappa shape index (κ1) is 28.2. The molecule has 2 rings (SSSR count). The maximum Gasteiger partial charge on any atom is 0.338 e. The van der Waals surface area contributed by atoms with E-state index in [-0.39, 0.29) is 22.5 Å². The van der Waals surface area contributed by atoms with Gasteiger partial charge < -0.3 is 9.84 Å². The fourth-order valence-electron chi connectivity index (χ4n) is 2.21. The zero-order valence-corrected chi connectivity index (χ0v) is 19.2. The normalized spacial score (nSPS) is 9.97. The molecule has 0 unspecified atom stereocenters. The van der Waals surface area contributed by atoms with Crippen LogP contribution in [0.3, 0.4) is 0 Å². The number of carboxylic acid groups (broad SMARTS) is 1. The monoisotopic (exact) mass is 448 g/mol. The van der Waals surface area contributed by atoms with Crippen molar-refractivity contribution in [1.82, 2.24) is 0 Å². The average Bonchev–Trinajstić information content (AvgIpc) is 2.68. The quantitative estimate of drug-likeness (QED) is 0.366. The summed E-state index contributed by atoms with van der Waals surface area (Å²) in [5.74, 6) is -1.72. The van der Waals surface area contributed by atoms with E-state index < -0.39 is 27.4 Å². The number of esters is 1. The van der Waals surface area contributed by atoms with Crippen LogP contribution in [0.4, 0.5) is 11.4 Å². The van der Waals surface area contributed by atoms with Crippen molar-refractivity contribution >= 4 is 23.3 Å². The second-order valence-corrected chi connectivity index (χ2v) is 7.32. The van der Waals surface area contributed by atoms with Crippen molar-refractivity contribution in [1.29, 1.82) is 0 Å². The van der Waals surface area contributed by atoms with Crippen molar-refractivity contribution < 1.29 is 29.3 Å². The number of aryl methyl sites for hydroxylation is 2. The predicted molar refractivity (Wildman–Crippen MR) is 119 cm³/mol. The van der Waals surface area contributed by atoms with Crippen molar-refractivity contribution in [2.45, 2.75) is 54.1 Å². The minimum Gasteiger partial charge on any atom is -0.478 e. The first-order chi connectivity index (χ1) is 14.7. The Labute approximate surface area is 186 Å². The maximum absolute atomic E-state index is 11.7. The van der Waals surface area contributed by atoms with Gasteiger partial charge in [-0.25, -0.2) is 9.59 Å². The molecule has 0 amide bonds. The van der Waals surface area contributed by atoms with Gasteiger partial charge in [0.25, 0.3) is 11.4 Å². The second-order valence-electron chi connectivity index (χ2n) is 7.32. The van der Waals surface area contributed by atoms with Crippen LogP contribution in [0.25, 0.3) is 0 Å². The highest BCUT2D eigenvalue weighted by Gasteiger charge is 2.20. The number of carboxylic acids is 1. The summed E-state index contributed by atoms with van der Waals surface area (Å²) < 4.78 is 5.14. The second kappa shape index (κ2) is 12.1. The highest BCUT2D eigenvalue weighted by atomic mass is 16.6. The van der Waals surface area contributed by atoms with E-state index >= 15 is 0 Å². The molecule has 0 aromatic heterocycles. The number of nitro benzene ring substituents is 2. The third-order valence-electron chi connectivity index (χ3n) is 3.69. The SMILES string of the molecule is CC.Cc1ccc(C(=O)O)cc1[N+](=O)[O-].Cc1ccc(C(=O)OC(C)(C)C)cc1[N+](=O)[O-]. The number of carbonyl (C=O) groups is 2. The van der Waals surface area contributed by atoms with Gasteiger partial charge in [0.1, 0.15) is 5.60 Å². The Hall–Kier alpha value is -3.82. The number of rotatable bonds is 4. The molecule has 0 saturated carbocycles. The van der Waals surface area contributed by atoms with Gasteiger partial charge in [0.2, 0.25) is 0 Å². The van der Waals surface area contributed by atoms with Crippen molar-refractivity contribution in [2.75, 3.05) is 0 Å². The van der Waals surface area contributed by atoms with Crippen LogP contribution in [0.15, 0.2) is 36.4 Å². The average molecular weight is 448 g/mol. The smallest absolute Gasteiger partial charge is 0.338 e. The summed E-state index contributed by atoms with van der Waals surface area (Å²) >= 11 is 0. The number of aromatic carboxylic acids is 1. The van der Waals surface area contributed by atoms with Crippen LogP contribution in [0, 0.1) is 34.1 Å². The topological polar surface area (TPSA) is 150 Å². The zero-order chi connectivity index (χ0) is 25.2. The summed E-state index contributed by atoms with van der Waals surface area (Å²) in [6, 6.07) is 8.11. The summed E-state index contributed by atoms with van der Waals surface area (Å²) in [5.41, 5.74) is 0.233. The number of benzene rings is 2. The molecule has 0 saturated heterocycles. The minimum atomic E-state index is -1.16. The molecule has 0 spiro atoms. The van der Waals surface area contributed by atoms with Crippen LogP contribution in [-0.4, -0.2) is 32.5 Å². The van der Waals surface area contributed by atoms with Gasteiger partial charge in [-0.3, -0.25) is 20.2 Å². The van der Waals surface area contributed by atoms with Crippen molar-refractivity contribution in [3.63, 3.8) is 0 Å². The van der Waals surface area contributed by atoms with Gasteiger partial charge in [-0.2, -0.15) is 0 Å². The van der Waals surface area contributed by atoms with Crippen molar-refractivity contribution in [3.8, 4) is 0 Å². The van der Waals surface area contributed by atoms with Gasteiger partial charge in [0, 0.05) is 23.3 Å². The Bertz CT molecular complexity index is 994. The van der Waals surface area contributed by atoms with Gasteiger partial charge in [0.05, 0.1) is 21.0 Å². The van der Waals surface area contributed by atoms with Crippen LogP contribution in [-0.2, 0) is 4.74 Å². The van der Waals surface area contributed by atoms with E-state index in [1.165, 1.54) is 30.3 Å². The number of carbonyl (C=O) groups excluding carboxylic acids is 1. The maximum atomic E-state index is 11.7. The minimum absolute atomic E-state index is 0.0719. The molecule has 1 N–H and O–H groups in total. The number of hydrogen-bond acceptors (Lipinski definition) is 7. The summed E-state index contributed by atoms with van der Waals surface area (Å²) in [6.45, 7) is 12.4. The van der Waals surface area contributed by atoms with Crippen molar-refractivity contribution in [3.05, 3.63) is 78.9 Å². The first-order valence-corrected chi connectivity index (χ1v) is 9.69. The van der Waals surface area contributed by atoms with E-state index in [4.69, 9.17) is 9.84 Å². The van der Waals surface area contributed by atoms with Crippen LogP contribution in [0.5, 0.6) is 0 Å². The lowest BCUT2D eigenvalue weighted by atomic mass is 10.1. The largest absolute Gasteiger partial charge is 0.478 e. The molecule has 2 aromatic rings. The standard InChI is InChI=1S/C12H15NO4.C8H7NO4.C2H6/c1-8-5-6-9(7-10(8)13(15)16)11(14)17-12(2,3)4;1-5-2-3-6(8(10)11)4-7(5)9(12)13;1-2/h5-7H,1-4H3;2-4H,1H3,(H,10,11);1-2H3. The summed E-state index contributed by atoms with van der Waals surface area (Å²) in [6.07, 6.45) is 0. The zero-order valence-electron chi connectivity index (χ0n) is 19.2. The highest BCUT2D eigenvalue weighted by Crippen LogP contribution is 2.21. The Morgan fingerprint density at radius 1 is 0.844 bits per heavy atom. The summed E-state index contributed by atoms with van der Waals surface area (Å²) in [5, 5.41) is 29.7. The molecule has 174 valence electrons. The molecule has 32 heavy (non-hydrogen) atoms. The Morgan fingerprint density at radius 3 is 1.56 bits per heavy atom. The lowest BCUT2D eigenvalue weighted by Crippen LogP contribution is -2.23. The molecule has 0 atom stereocenters. The molecule has 0 fully saturated rings. The van der Waals surface area contributed by atoms with Crippen LogP contribution < -0.4 is 0 Å². The molecule has 0 bridgehead atoms. The van der Waals surface area contributed by atoms with E-state index in [1.54, 1.807) is 34.6 Å². The molecule has 10 heteroatoms. The molecule has 0 aliphatic heterocycles. The summed E-state index contributed by atoms with van der Waals surface area (Å²) in [4.78, 5) is 42.2. The van der Waals surface area contributed by atoms with Gasteiger partial charge in [-0.1, -0.05) is 26.0 Å². The highest BCUT2D eigenvalue weighted by molar-refractivity contribution is 5.90. The first-order valence-electron chi connectivity index (χ1n) is 9.69.